The van der Waals surface area contributed by atoms with E-state index in [1.807, 2.05) is 37.5 Å². The van der Waals surface area contributed by atoms with Gasteiger partial charge in [0.25, 0.3) is 5.69 Å². The molecule has 0 spiro atoms. The van der Waals surface area contributed by atoms with E-state index in [1.165, 1.54) is 6.07 Å². The van der Waals surface area contributed by atoms with Crippen molar-refractivity contribution in [2.24, 2.45) is 0 Å². The van der Waals surface area contributed by atoms with Crippen LogP contribution in [0.2, 0.25) is 5.02 Å². The van der Waals surface area contributed by atoms with Crippen molar-refractivity contribution in [3.8, 4) is 0 Å². The fraction of sp³-hybridized carbons (Fsp3) is 0.611. The van der Waals surface area contributed by atoms with E-state index in [-0.39, 0.29) is 23.7 Å². The second-order valence-electron chi connectivity index (χ2n) is 7.14. The van der Waals surface area contributed by atoms with Crippen molar-refractivity contribution < 1.29 is 9.72 Å². The Kier molecular flexibility index (Phi) is 6.83. The zero-order valence-corrected chi connectivity index (χ0v) is 16.6. The zero-order chi connectivity index (χ0) is 19.4. The van der Waals surface area contributed by atoms with E-state index in [9.17, 15) is 14.9 Å². The normalized spacial score (nSPS) is 15.6. The molecule has 0 aromatic heterocycles. The van der Waals surface area contributed by atoms with Crippen LogP contribution in [-0.4, -0.2) is 65.4 Å². The molecule has 0 N–H and O–H groups in total. The van der Waals surface area contributed by atoms with Crippen LogP contribution in [0.4, 0.5) is 11.4 Å². The second-order valence-corrected chi connectivity index (χ2v) is 7.58. The third kappa shape index (κ3) is 4.86. The first kappa shape index (κ1) is 20.5. The lowest BCUT2D eigenvalue weighted by molar-refractivity contribution is -0.384. The highest BCUT2D eigenvalue weighted by molar-refractivity contribution is 6.30. The Balaban J connectivity index is 2.00. The van der Waals surface area contributed by atoms with Gasteiger partial charge in [0.2, 0.25) is 5.91 Å². The van der Waals surface area contributed by atoms with Crippen LogP contribution in [0.3, 0.4) is 0 Å². The summed E-state index contributed by atoms with van der Waals surface area (Å²) >= 11 is 5.89. The Labute approximate surface area is 159 Å². The molecule has 0 unspecified atom stereocenters. The lowest BCUT2D eigenvalue weighted by atomic mass is 10.2. The van der Waals surface area contributed by atoms with Crippen LogP contribution in [0, 0.1) is 10.1 Å². The molecule has 0 radical (unpaired) electrons. The van der Waals surface area contributed by atoms with Gasteiger partial charge in [-0.3, -0.25) is 19.8 Å². The summed E-state index contributed by atoms with van der Waals surface area (Å²) in [6, 6.07) is 5.08. The summed E-state index contributed by atoms with van der Waals surface area (Å²) in [5, 5.41) is 11.6. The van der Waals surface area contributed by atoms with Gasteiger partial charge in [-0.05, 0) is 39.8 Å². The number of rotatable bonds is 6. The first-order valence-electron chi connectivity index (χ1n) is 8.93. The number of nitrogens with zero attached hydrogens (tertiary/aromatic N) is 4. The highest BCUT2D eigenvalue weighted by atomic mass is 35.5. The van der Waals surface area contributed by atoms with Crippen molar-refractivity contribution >= 4 is 28.9 Å². The molecule has 1 amide bonds. The third-order valence-corrected chi connectivity index (χ3v) is 4.84. The van der Waals surface area contributed by atoms with E-state index in [0.29, 0.717) is 43.4 Å². The van der Waals surface area contributed by atoms with Gasteiger partial charge in [-0.2, -0.15) is 0 Å². The van der Waals surface area contributed by atoms with Crippen molar-refractivity contribution in [1.29, 1.82) is 0 Å². The molecule has 2 rings (SSSR count). The Morgan fingerprint density at radius 2 is 1.77 bits per heavy atom. The molecule has 7 nitrogen and oxygen atoms in total. The minimum atomic E-state index is -0.403. The fourth-order valence-corrected chi connectivity index (χ4v) is 3.67. The van der Waals surface area contributed by atoms with Crippen LogP contribution >= 0.6 is 11.6 Å². The molecule has 8 heteroatoms. The molecule has 1 heterocycles. The maximum Gasteiger partial charge on any atom is 0.294 e. The summed E-state index contributed by atoms with van der Waals surface area (Å²) in [5.41, 5.74) is 0.601. The predicted molar refractivity (Wildman–Crippen MR) is 104 cm³/mol. The Bertz CT molecular complexity index is 650. The molecule has 1 saturated heterocycles. The third-order valence-electron chi connectivity index (χ3n) is 4.61. The van der Waals surface area contributed by atoms with Gasteiger partial charge in [-0.25, -0.2) is 0 Å². The van der Waals surface area contributed by atoms with Gasteiger partial charge >= 0.3 is 0 Å². The largest absolute Gasteiger partial charge is 0.363 e. The predicted octanol–water partition coefficient (Wildman–Crippen LogP) is 3.02. The second kappa shape index (κ2) is 8.68. The van der Waals surface area contributed by atoms with Crippen molar-refractivity contribution in [2.45, 2.75) is 39.8 Å². The molecular weight excluding hydrogens is 356 g/mol. The quantitative estimate of drug-likeness (QED) is 0.558. The molecule has 0 atom stereocenters. The molecule has 26 heavy (non-hydrogen) atoms. The molecule has 0 bridgehead atoms. The molecule has 1 fully saturated rings. The number of anilines is 1. The molecule has 144 valence electrons. The van der Waals surface area contributed by atoms with Crippen molar-refractivity contribution in [3.63, 3.8) is 0 Å². The number of nitro benzene ring substituents is 1. The van der Waals surface area contributed by atoms with E-state index >= 15 is 0 Å². The van der Waals surface area contributed by atoms with Gasteiger partial charge in [0.1, 0.15) is 5.69 Å². The maximum absolute atomic E-state index is 12.6. The van der Waals surface area contributed by atoms with Crippen LogP contribution in [0.5, 0.6) is 0 Å². The number of benzene rings is 1. The Morgan fingerprint density at radius 1 is 1.19 bits per heavy atom. The lowest BCUT2D eigenvalue weighted by Crippen LogP contribution is -2.52. The SMILES string of the molecule is CC(C)N(C(=O)CN1CCN(c2ccc(Cl)cc2[N+](=O)[O-])CC1)C(C)C. The van der Waals surface area contributed by atoms with E-state index < -0.39 is 4.92 Å². The van der Waals surface area contributed by atoms with Gasteiger partial charge in [-0.1, -0.05) is 11.6 Å². The van der Waals surface area contributed by atoms with E-state index in [0.717, 1.165) is 0 Å². The maximum atomic E-state index is 12.6. The number of carbonyl (C=O) groups is 1. The van der Waals surface area contributed by atoms with E-state index in [1.54, 1.807) is 12.1 Å². The van der Waals surface area contributed by atoms with Gasteiger partial charge in [0, 0.05) is 49.4 Å². The van der Waals surface area contributed by atoms with Crippen LogP contribution in [0.1, 0.15) is 27.7 Å². The number of hydrogen-bond donors (Lipinski definition) is 0. The van der Waals surface area contributed by atoms with Crippen molar-refractivity contribution in [3.05, 3.63) is 33.3 Å². The summed E-state index contributed by atoms with van der Waals surface area (Å²) in [5.74, 6) is 0.126. The zero-order valence-electron chi connectivity index (χ0n) is 15.8. The highest BCUT2D eigenvalue weighted by Gasteiger charge is 2.27. The van der Waals surface area contributed by atoms with Gasteiger partial charge in [-0.15, -0.1) is 0 Å². The summed E-state index contributed by atoms with van der Waals surface area (Å²) < 4.78 is 0. The topological polar surface area (TPSA) is 69.9 Å². The van der Waals surface area contributed by atoms with Crippen LogP contribution in [-0.2, 0) is 4.79 Å². The van der Waals surface area contributed by atoms with Crippen LogP contribution in [0.15, 0.2) is 18.2 Å². The van der Waals surface area contributed by atoms with E-state index in [4.69, 9.17) is 11.6 Å². The average Bonchev–Trinajstić information content (AvgIpc) is 2.54. The van der Waals surface area contributed by atoms with Gasteiger partial charge in [0.15, 0.2) is 0 Å². The molecule has 1 aliphatic heterocycles. The molecular formula is C18H27ClN4O3. The minimum Gasteiger partial charge on any atom is -0.363 e. The molecule has 1 aromatic rings. The van der Waals surface area contributed by atoms with Crippen LogP contribution in [0.25, 0.3) is 0 Å². The summed E-state index contributed by atoms with van der Waals surface area (Å²) in [6.45, 7) is 11.1. The Morgan fingerprint density at radius 3 is 2.27 bits per heavy atom. The first-order chi connectivity index (χ1) is 12.2. The fourth-order valence-electron chi connectivity index (χ4n) is 3.50. The summed E-state index contributed by atoms with van der Waals surface area (Å²) in [4.78, 5) is 29.5. The monoisotopic (exact) mass is 382 g/mol. The smallest absolute Gasteiger partial charge is 0.294 e. The summed E-state index contributed by atoms with van der Waals surface area (Å²) in [6.07, 6.45) is 0. The van der Waals surface area contributed by atoms with Gasteiger partial charge < -0.3 is 9.80 Å². The number of amides is 1. The Hall–Kier alpha value is -1.86. The number of carbonyl (C=O) groups excluding carboxylic acids is 1. The number of halogens is 1. The van der Waals surface area contributed by atoms with E-state index in [2.05, 4.69) is 4.90 Å². The number of nitro groups is 1. The molecule has 1 aliphatic rings. The van der Waals surface area contributed by atoms with Crippen molar-refractivity contribution in [1.82, 2.24) is 9.80 Å². The average molecular weight is 383 g/mol. The van der Waals surface area contributed by atoms with Gasteiger partial charge in [0.05, 0.1) is 11.5 Å². The molecule has 0 aliphatic carbocycles. The number of piperazine rings is 1. The summed E-state index contributed by atoms with van der Waals surface area (Å²) in [7, 11) is 0. The molecule has 0 saturated carbocycles. The molecule has 1 aromatic carbocycles. The highest BCUT2D eigenvalue weighted by Crippen LogP contribution is 2.31. The number of hydrogen-bond acceptors (Lipinski definition) is 5. The van der Waals surface area contributed by atoms with Crippen molar-refractivity contribution in [2.75, 3.05) is 37.6 Å². The lowest BCUT2D eigenvalue weighted by Gasteiger charge is -2.38. The standard InChI is InChI=1S/C18H27ClN4O3/c1-13(2)22(14(3)4)18(24)12-20-7-9-21(10-8-20)16-6-5-15(19)11-17(16)23(25)26/h5-6,11,13-14H,7-10,12H2,1-4H3. The minimum absolute atomic E-state index is 0.0211. The first-order valence-corrected chi connectivity index (χ1v) is 9.31. The van der Waals surface area contributed by atoms with Crippen LogP contribution < -0.4 is 4.90 Å².